The molecule has 1 fully saturated rings. The number of halogens is 3. The molecule has 0 aromatic heterocycles. The maximum absolute atomic E-state index is 12.5. The average molecular weight is 471 g/mol. The monoisotopic (exact) mass is 471 g/mol. The van der Waals surface area contributed by atoms with Crippen LogP contribution in [0.2, 0.25) is 0 Å². The molecule has 1 heterocycles. The fourth-order valence-electron chi connectivity index (χ4n) is 2.45. The molecule has 9 heteroatoms. The van der Waals surface area contributed by atoms with E-state index in [4.69, 9.17) is 9.47 Å². The first-order chi connectivity index (χ1) is 11.6. The standard InChI is InChI=1S/C16H23F2N3O3.HI/c1-19-16(21-10-13-4-3-7-23-13)20-9-11-8-12(22-2)5-6-14(11)24-15(17)18;/h5-6,8,13,15H,3-4,7,9-10H2,1-2H3,(H2,19,20,21);1H. The molecular weight excluding hydrogens is 447 g/mol. The second-order valence-electron chi connectivity index (χ2n) is 5.29. The lowest BCUT2D eigenvalue weighted by Gasteiger charge is -2.17. The summed E-state index contributed by atoms with van der Waals surface area (Å²) in [6.07, 6.45) is 2.26. The number of benzene rings is 1. The molecule has 1 aromatic rings. The zero-order valence-electron chi connectivity index (χ0n) is 14.3. The van der Waals surface area contributed by atoms with Crippen LogP contribution in [0.4, 0.5) is 8.78 Å². The number of nitrogens with zero attached hydrogens (tertiary/aromatic N) is 1. The largest absolute Gasteiger partial charge is 0.497 e. The highest BCUT2D eigenvalue weighted by atomic mass is 127. The van der Waals surface area contributed by atoms with Gasteiger partial charge in [-0.25, -0.2) is 0 Å². The lowest BCUT2D eigenvalue weighted by molar-refractivity contribution is -0.0505. The topological polar surface area (TPSA) is 64.1 Å². The van der Waals surface area contributed by atoms with Gasteiger partial charge < -0.3 is 24.8 Å². The van der Waals surface area contributed by atoms with Crippen LogP contribution in [0.1, 0.15) is 18.4 Å². The maximum atomic E-state index is 12.5. The number of nitrogens with one attached hydrogen (secondary N) is 2. The van der Waals surface area contributed by atoms with E-state index in [0.29, 0.717) is 23.8 Å². The number of aliphatic imine (C=N–C) groups is 1. The summed E-state index contributed by atoms with van der Waals surface area (Å²) in [5, 5.41) is 6.24. The van der Waals surface area contributed by atoms with Crippen molar-refractivity contribution < 1.29 is 23.0 Å². The molecular formula is C16H24F2IN3O3. The molecule has 2 rings (SSSR count). The van der Waals surface area contributed by atoms with Gasteiger partial charge in [0.25, 0.3) is 0 Å². The van der Waals surface area contributed by atoms with Gasteiger partial charge in [-0.15, -0.1) is 24.0 Å². The predicted octanol–water partition coefficient (Wildman–Crippen LogP) is 2.76. The average Bonchev–Trinajstić information content (AvgIpc) is 3.09. The third kappa shape index (κ3) is 7.18. The first-order valence-corrected chi connectivity index (χ1v) is 7.80. The van der Waals surface area contributed by atoms with Crippen molar-refractivity contribution in [3.8, 4) is 11.5 Å². The van der Waals surface area contributed by atoms with Gasteiger partial charge in [0.2, 0.25) is 0 Å². The van der Waals surface area contributed by atoms with E-state index in [2.05, 4.69) is 20.4 Å². The highest BCUT2D eigenvalue weighted by Gasteiger charge is 2.16. The van der Waals surface area contributed by atoms with Crippen molar-refractivity contribution in [2.45, 2.75) is 32.1 Å². The molecule has 6 nitrogen and oxygen atoms in total. The molecule has 142 valence electrons. The van der Waals surface area contributed by atoms with Gasteiger partial charge in [0.15, 0.2) is 5.96 Å². The van der Waals surface area contributed by atoms with E-state index in [-0.39, 0.29) is 42.4 Å². The molecule has 25 heavy (non-hydrogen) atoms. The van der Waals surface area contributed by atoms with Gasteiger partial charge in [-0.3, -0.25) is 4.99 Å². The third-order valence-corrected chi connectivity index (χ3v) is 3.67. The van der Waals surface area contributed by atoms with Gasteiger partial charge >= 0.3 is 6.61 Å². The summed E-state index contributed by atoms with van der Waals surface area (Å²) in [5.41, 5.74) is 0.551. The fourth-order valence-corrected chi connectivity index (χ4v) is 2.45. The van der Waals surface area contributed by atoms with Gasteiger partial charge in [-0.2, -0.15) is 8.78 Å². The third-order valence-electron chi connectivity index (χ3n) is 3.67. The first kappa shape index (κ1) is 21.7. The number of rotatable bonds is 7. The smallest absolute Gasteiger partial charge is 0.387 e. The van der Waals surface area contributed by atoms with E-state index in [0.717, 1.165) is 19.4 Å². The van der Waals surface area contributed by atoms with E-state index in [9.17, 15) is 8.78 Å². The lowest BCUT2D eigenvalue weighted by atomic mass is 10.2. The van der Waals surface area contributed by atoms with Crippen molar-refractivity contribution in [1.82, 2.24) is 10.6 Å². The highest BCUT2D eigenvalue weighted by Crippen LogP contribution is 2.25. The van der Waals surface area contributed by atoms with Crippen molar-refractivity contribution in [3.05, 3.63) is 23.8 Å². The van der Waals surface area contributed by atoms with E-state index in [1.165, 1.54) is 13.2 Å². The summed E-state index contributed by atoms with van der Waals surface area (Å²) in [6.45, 7) is -1.17. The fraction of sp³-hybridized carbons (Fsp3) is 0.562. The number of hydrogen-bond donors (Lipinski definition) is 2. The Balaban J connectivity index is 0.00000312. The zero-order valence-corrected chi connectivity index (χ0v) is 16.6. The van der Waals surface area contributed by atoms with Gasteiger partial charge in [0.1, 0.15) is 11.5 Å². The number of alkyl halides is 2. The Morgan fingerprint density at radius 1 is 1.40 bits per heavy atom. The van der Waals surface area contributed by atoms with Crippen LogP contribution in [-0.4, -0.2) is 46.0 Å². The van der Waals surface area contributed by atoms with Gasteiger partial charge in [-0.05, 0) is 31.0 Å². The number of hydrogen-bond acceptors (Lipinski definition) is 4. The second kappa shape index (κ2) is 11.3. The molecule has 1 unspecified atom stereocenters. The minimum Gasteiger partial charge on any atom is -0.497 e. The molecule has 1 aliphatic rings. The zero-order chi connectivity index (χ0) is 17.4. The minimum absolute atomic E-state index is 0. The van der Waals surface area contributed by atoms with Crippen molar-refractivity contribution in [3.63, 3.8) is 0 Å². The molecule has 0 radical (unpaired) electrons. The van der Waals surface area contributed by atoms with Crippen LogP contribution in [-0.2, 0) is 11.3 Å². The molecule has 0 aliphatic carbocycles. The van der Waals surface area contributed by atoms with Crippen LogP contribution in [0.5, 0.6) is 11.5 Å². The normalized spacial score (nSPS) is 17.2. The molecule has 0 saturated carbocycles. The lowest BCUT2D eigenvalue weighted by Crippen LogP contribution is -2.40. The van der Waals surface area contributed by atoms with Crippen LogP contribution < -0.4 is 20.1 Å². The Hall–Kier alpha value is -1.36. The van der Waals surface area contributed by atoms with Crippen LogP contribution in [0.3, 0.4) is 0 Å². The molecule has 1 aromatic carbocycles. The second-order valence-corrected chi connectivity index (χ2v) is 5.29. The summed E-state index contributed by atoms with van der Waals surface area (Å²) in [5.74, 6) is 1.24. The molecule has 1 aliphatic heterocycles. The van der Waals surface area contributed by atoms with Crippen molar-refractivity contribution in [2.24, 2.45) is 4.99 Å². The van der Waals surface area contributed by atoms with Crippen LogP contribution >= 0.6 is 24.0 Å². The van der Waals surface area contributed by atoms with Crippen molar-refractivity contribution in [1.29, 1.82) is 0 Å². The Labute approximate surface area is 163 Å². The summed E-state index contributed by atoms with van der Waals surface area (Å²) < 4.78 is 40.2. The van der Waals surface area contributed by atoms with Gasteiger partial charge in [0, 0.05) is 32.3 Å². The Kier molecular flexibility index (Phi) is 9.79. The molecule has 1 saturated heterocycles. The van der Waals surface area contributed by atoms with E-state index >= 15 is 0 Å². The molecule has 0 amide bonds. The molecule has 0 bridgehead atoms. The van der Waals surface area contributed by atoms with Gasteiger partial charge in [-0.1, -0.05) is 0 Å². The van der Waals surface area contributed by atoms with Crippen LogP contribution in [0, 0.1) is 0 Å². The van der Waals surface area contributed by atoms with E-state index < -0.39 is 6.61 Å². The molecule has 2 N–H and O–H groups in total. The Bertz CT molecular complexity index is 555. The number of guanidine groups is 1. The summed E-state index contributed by atoms with van der Waals surface area (Å²) in [4.78, 5) is 4.12. The summed E-state index contributed by atoms with van der Waals surface area (Å²) >= 11 is 0. The Morgan fingerprint density at radius 3 is 2.80 bits per heavy atom. The highest BCUT2D eigenvalue weighted by molar-refractivity contribution is 14.0. The summed E-state index contributed by atoms with van der Waals surface area (Å²) in [7, 11) is 3.16. The quantitative estimate of drug-likeness (QED) is 0.364. The predicted molar refractivity (Wildman–Crippen MR) is 102 cm³/mol. The van der Waals surface area contributed by atoms with Crippen LogP contribution in [0.15, 0.2) is 23.2 Å². The SMILES string of the molecule is CN=C(NCc1cc(OC)ccc1OC(F)F)NCC1CCCO1.I. The van der Waals surface area contributed by atoms with Crippen molar-refractivity contribution in [2.75, 3.05) is 27.3 Å². The first-order valence-electron chi connectivity index (χ1n) is 7.80. The van der Waals surface area contributed by atoms with E-state index in [1.807, 2.05) is 0 Å². The van der Waals surface area contributed by atoms with Crippen molar-refractivity contribution >= 4 is 29.9 Å². The summed E-state index contributed by atoms with van der Waals surface area (Å²) in [6, 6.07) is 4.69. The molecule has 0 spiro atoms. The number of methoxy groups -OCH3 is 1. The maximum Gasteiger partial charge on any atom is 0.387 e. The van der Waals surface area contributed by atoms with Crippen LogP contribution in [0.25, 0.3) is 0 Å². The molecule has 1 atom stereocenters. The van der Waals surface area contributed by atoms with E-state index in [1.54, 1.807) is 19.2 Å². The minimum atomic E-state index is -2.88. The Morgan fingerprint density at radius 2 is 2.20 bits per heavy atom. The van der Waals surface area contributed by atoms with Gasteiger partial charge in [0.05, 0.1) is 13.2 Å². The number of ether oxygens (including phenoxy) is 3.